The summed E-state index contributed by atoms with van der Waals surface area (Å²) in [5, 5.41) is 5.10. The van der Waals surface area contributed by atoms with Crippen molar-refractivity contribution in [2.45, 2.75) is 29.9 Å². The number of benzene rings is 1. The Bertz CT molecular complexity index is 645. The molecule has 5 heteroatoms. The highest BCUT2D eigenvalue weighted by Crippen LogP contribution is 2.39. The topological polar surface area (TPSA) is 52.0 Å². The average molecular weight is 304 g/mol. The van der Waals surface area contributed by atoms with Crippen molar-refractivity contribution < 1.29 is 4.42 Å². The van der Waals surface area contributed by atoms with Crippen LogP contribution < -0.4 is 5.73 Å². The van der Waals surface area contributed by atoms with E-state index in [1.54, 1.807) is 23.1 Å². The van der Waals surface area contributed by atoms with Crippen molar-refractivity contribution in [3.63, 3.8) is 0 Å². The Balaban J connectivity index is 1.89. The second-order valence-electron chi connectivity index (χ2n) is 4.61. The van der Waals surface area contributed by atoms with E-state index in [1.165, 1.54) is 5.56 Å². The number of para-hydroxylation sites is 2. The van der Waals surface area contributed by atoms with E-state index in [2.05, 4.69) is 28.7 Å². The first-order chi connectivity index (χ1) is 9.78. The zero-order valence-corrected chi connectivity index (χ0v) is 12.8. The fourth-order valence-corrected chi connectivity index (χ4v) is 4.00. The van der Waals surface area contributed by atoms with E-state index in [-0.39, 0.29) is 11.3 Å². The van der Waals surface area contributed by atoms with E-state index >= 15 is 0 Å². The summed E-state index contributed by atoms with van der Waals surface area (Å²) in [7, 11) is 0. The molecule has 0 fully saturated rings. The summed E-state index contributed by atoms with van der Waals surface area (Å²) in [5.74, 6) is 0. The predicted octanol–water partition coefficient (Wildman–Crippen LogP) is 4.46. The molecule has 1 aromatic carbocycles. The first kappa shape index (κ1) is 13.7. The summed E-state index contributed by atoms with van der Waals surface area (Å²) in [6.07, 6.45) is 0.924. The van der Waals surface area contributed by atoms with Crippen molar-refractivity contribution >= 4 is 34.2 Å². The summed E-state index contributed by atoms with van der Waals surface area (Å²) in [4.78, 5) is 4.52. The number of hydrogen-bond acceptors (Lipinski definition) is 5. The molecule has 2 atom stereocenters. The van der Waals surface area contributed by atoms with Gasteiger partial charge in [-0.2, -0.15) is 11.3 Å². The van der Waals surface area contributed by atoms with Crippen LogP contribution >= 0.6 is 23.1 Å². The maximum Gasteiger partial charge on any atom is 0.257 e. The summed E-state index contributed by atoms with van der Waals surface area (Å²) >= 11 is 3.30. The Morgan fingerprint density at radius 3 is 2.90 bits per heavy atom. The molecule has 2 heterocycles. The highest BCUT2D eigenvalue weighted by Gasteiger charge is 2.23. The van der Waals surface area contributed by atoms with Crippen LogP contribution in [-0.4, -0.2) is 11.0 Å². The summed E-state index contributed by atoms with van der Waals surface area (Å²) < 4.78 is 5.79. The van der Waals surface area contributed by atoms with Crippen LogP contribution in [0.2, 0.25) is 0 Å². The SMILES string of the molecule is CCC(N)C(Sc1nc2ccccc2o1)c1ccsc1. The summed E-state index contributed by atoms with van der Waals surface area (Å²) in [6.45, 7) is 2.11. The second-order valence-corrected chi connectivity index (χ2v) is 6.49. The van der Waals surface area contributed by atoms with E-state index in [4.69, 9.17) is 10.2 Å². The molecule has 2 aromatic heterocycles. The standard InChI is InChI=1S/C15H16N2OS2/c1-2-11(16)14(10-7-8-19-9-10)20-15-17-12-5-3-4-6-13(12)18-15/h3-9,11,14H,2,16H2,1H3. The van der Waals surface area contributed by atoms with Crippen molar-refractivity contribution in [2.75, 3.05) is 0 Å². The Morgan fingerprint density at radius 2 is 2.20 bits per heavy atom. The van der Waals surface area contributed by atoms with Crippen LogP contribution in [-0.2, 0) is 0 Å². The first-order valence-corrected chi connectivity index (χ1v) is 8.40. The molecule has 0 spiro atoms. The third kappa shape index (κ3) is 2.75. The summed E-state index contributed by atoms with van der Waals surface area (Å²) in [5.41, 5.74) is 9.23. The number of rotatable bonds is 5. The normalized spacial score (nSPS) is 14.5. The molecule has 3 rings (SSSR count). The van der Waals surface area contributed by atoms with E-state index in [0.29, 0.717) is 5.22 Å². The largest absolute Gasteiger partial charge is 0.431 e. The van der Waals surface area contributed by atoms with E-state index in [0.717, 1.165) is 17.5 Å². The summed E-state index contributed by atoms with van der Waals surface area (Å²) in [6, 6.07) is 10.0. The quantitative estimate of drug-likeness (QED) is 0.707. The van der Waals surface area contributed by atoms with Crippen LogP contribution in [0.15, 0.2) is 50.7 Å². The number of fused-ring (bicyclic) bond motifs is 1. The third-order valence-electron chi connectivity index (χ3n) is 3.23. The zero-order chi connectivity index (χ0) is 13.9. The lowest BCUT2D eigenvalue weighted by atomic mass is 10.1. The van der Waals surface area contributed by atoms with Gasteiger partial charge in [0.25, 0.3) is 5.22 Å². The monoisotopic (exact) mass is 304 g/mol. The van der Waals surface area contributed by atoms with E-state index in [1.807, 2.05) is 24.3 Å². The lowest BCUT2D eigenvalue weighted by Crippen LogP contribution is -2.25. The van der Waals surface area contributed by atoms with Gasteiger partial charge in [0.2, 0.25) is 0 Å². The van der Waals surface area contributed by atoms with Crippen LogP contribution in [0, 0.1) is 0 Å². The van der Waals surface area contributed by atoms with Gasteiger partial charge in [-0.25, -0.2) is 4.98 Å². The molecule has 0 radical (unpaired) electrons. The Hall–Kier alpha value is -1.30. The Kier molecular flexibility index (Phi) is 4.10. The van der Waals surface area contributed by atoms with Crippen molar-refractivity contribution in [1.29, 1.82) is 0 Å². The fraction of sp³-hybridized carbons (Fsp3) is 0.267. The molecule has 0 amide bonds. The number of nitrogens with zero attached hydrogens (tertiary/aromatic N) is 1. The maximum atomic E-state index is 6.26. The molecule has 0 saturated heterocycles. The van der Waals surface area contributed by atoms with Gasteiger partial charge in [-0.15, -0.1) is 0 Å². The molecule has 0 bridgehead atoms. The van der Waals surface area contributed by atoms with Gasteiger partial charge in [-0.3, -0.25) is 0 Å². The van der Waals surface area contributed by atoms with Gasteiger partial charge >= 0.3 is 0 Å². The minimum atomic E-state index is 0.0876. The van der Waals surface area contributed by atoms with Gasteiger partial charge in [0.05, 0.1) is 5.25 Å². The van der Waals surface area contributed by atoms with Crippen LogP contribution in [0.4, 0.5) is 0 Å². The number of nitrogens with two attached hydrogens (primary N) is 1. The van der Waals surface area contributed by atoms with Gasteiger partial charge < -0.3 is 10.2 Å². The van der Waals surface area contributed by atoms with Gasteiger partial charge in [-0.1, -0.05) is 30.8 Å². The molecule has 0 aliphatic heterocycles. The molecule has 2 unspecified atom stereocenters. The number of thiophene rings is 1. The van der Waals surface area contributed by atoms with Crippen LogP contribution in [0.5, 0.6) is 0 Å². The van der Waals surface area contributed by atoms with Crippen molar-refractivity contribution in [2.24, 2.45) is 5.73 Å². The number of oxazole rings is 1. The van der Waals surface area contributed by atoms with Crippen LogP contribution in [0.3, 0.4) is 0 Å². The smallest absolute Gasteiger partial charge is 0.257 e. The van der Waals surface area contributed by atoms with Crippen molar-refractivity contribution in [3.8, 4) is 0 Å². The number of aromatic nitrogens is 1. The highest BCUT2D eigenvalue weighted by molar-refractivity contribution is 7.99. The van der Waals surface area contributed by atoms with Gasteiger partial charge in [0, 0.05) is 6.04 Å². The molecule has 0 aliphatic rings. The van der Waals surface area contributed by atoms with Crippen LogP contribution in [0.25, 0.3) is 11.1 Å². The minimum Gasteiger partial charge on any atom is -0.431 e. The maximum absolute atomic E-state index is 6.26. The molecule has 3 nitrogen and oxygen atoms in total. The Morgan fingerprint density at radius 1 is 1.35 bits per heavy atom. The molecular formula is C15H16N2OS2. The lowest BCUT2D eigenvalue weighted by molar-refractivity contribution is 0.486. The third-order valence-corrected chi connectivity index (χ3v) is 5.19. The molecule has 104 valence electrons. The molecule has 0 saturated carbocycles. The van der Waals surface area contributed by atoms with Crippen LogP contribution in [0.1, 0.15) is 24.2 Å². The number of hydrogen-bond donors (Lipinski definition) is 1. The lowest BCUT2D eigenvalue weighted by Gasteiger charge is -2.19. The van der Waals surface area contributed by atoms with Gasteiger partial charge in [0.1, 0.15) is 5.52 Å². The zero-order valence-electron chi connectivity index (χ0n) is 11.2. The van der Waals surface area contributed by atoms with Crippen molar-refractivity contribution in [3.05, 3.63) is 46.7 Å². The molecule has 0 aliphatic carbocycles. The first-order valence-electron chi connectivity index (χ1n) is 6.58. The molecule has 3 aromatic rings. The molecule has 20 heavy (non-hydrogen) atoms. The van der Waals surface area contributed by atoms with Gasteiger partial charge in [0.15, 0.2) is 5.58 Å². The molecular weight excluding hydrogens is 288 g/mol. The Labute approximate surface area is 126 Å². The van der Waals surface area contributed by atoms with Gasteiger partial charge in [-0.05, 0) is 40.9 Å². The van der Waals surface area contributed by atoms with E-state index in [9.17, 15) is 0 Å². The van der Waals surface area contributed by atoms with E-state index < -0.39 is 0 Å². The predicted molar refractivity (Wildman–Crippen MR) is 85.2 cm³/mol. The number of thioether (sulfide) groups is 1. The minimum absolute atomic E-state index is 0.0876. The highest BCUT2D eigenvalue weighted by atomic mass is 32.2. The average Bonchev–Trinajstić information content (AvgIpc) is 3.12. The fourth-order valence-electron chi connectivity index (χ4n) is 2.06. The second kappa shape index (κ2) is 5.99. The van der Waals surface area contributed by atoms with Crippen molar-refractivity contribution in [1.82, 2.24) is 4.98 Å². The molecule has 2 N–H and O–H groups in total.